The maximum atomic E-state index is 14.2. The summed E-state index contributed by atoms with van der Waals surface area (Å²) in [5.74, 6) is -2.52. The highest BCUT2D eigenvalue weighted by atomic mass is 32.1. The van der Waals surface area contributed by atoms with Crippen LogP contribution in [-0.2, 0) is 20.8 Å². The number of hydrogen-bond acceptors (Lipinski definition) is 7. The number of Topliss-reactive ketones (excluding diaryl/α,β-unsaturated/α-hetero) is 1. The van der Waals surface area contributed by atoms with Crippen LogP contribution in [0.15, 0.2) is 84.9 Å². The van der Waals surface area contributed by atoms with Crippen LogP contribution in [0.4, 0.5) is 5.69 Å². The second-order valence-electron chi connectivity index (χ2n) is 11.9. The minimum absolute atomic E-state index is 0.164. The molecule has 46 heavy (non-hydrogen) atoms. The number of unbranched alkanes of at least 4 members (excludes halogenated alkanes) is 1. The number of thiol groups is 1. The number of nitrogens with one attached hydrogen (secondary N) is 2. The molecule has 0 saturated carbocycles. The summed E-state index contributed by atoms with van der Waals surface area (Å²) in [6, 6.07) is 25.3. The number of ketones is 1. The van der Waals surface area contributed by atoms with E-state index in [1.165, 1.54) is 4.90 Å². The molecule has 0 aromatic heterocycles. The molecule has 0 spiro atoms. The number of para-hydroxylation sites is 1. The highest BCUT2D eigenvalue weighted by Crippen LogP contribution is 2.29. The Balaban J connectivity index is 1.24. The largest absolute Gasteiger partial charge is 0.369 e. The standard InChI is InChI=1S/C36H40N4O5S/c1-37-33(42)29(22-24-12-4-2-5-13-24)26-19-21-39(25-14-6-3-7-15-25)23-30(32(26)41)38-34(43)31(46)18-10-11-20-40-35(44)27-16-8-9-17-28(27)36(40)45/h2-9,12-17,26,29-31,46H,10-11,18-23H2,1H3,(H,37,42)(H,38,43)/t26?,29-,30+,31?/m1/s1. The first kappa shape index (κ1) is 32.9. The SMILES string of the molecule is CNC(=O)[C@H](Cc1ccccc1)C1CCN(c2ccccc2)C[C@H](NC(=O)C(S)CCCCN2C(=O)c3ccccc3C2=O)C1=O. The van der Waals surface area contributed by atoms with Crippen LogP contribution in [-0.4, -0.2) is 72.3 Å². The topological polar surface area (TPSA) is 116 Å². The summed E-state index contributed by atoms with van der Waals surface area (Å²) >= 11 is 4.56. The van der Waals surface area contributed by atoms with Gasteiger partial charge in [0, 0.05) is 38.3 Å². The first-order valence-electron chi connectivity index (χ1n) is 15.8. The average Bonchev–Trinajstić information content (AvgIpc) is 3.21. The van der Waals surface area contributed by atoms with Crippen molar-refractivity contribution in [2.75, 3.05) is 31.6 Å². The zero-order valence-corrected chi connectivity index (χ0v) is 26.8. The quantitative estimate of drug-likeness (QED) is 0.157. The van der Waals surface area contributed by atoms with E-state index in [-0.39, 0.29) is 42.5 Å². The Morgan fingerprint density at radius 1 is 0.848 bits per heavy atom. The zero-order chi connectivity index (χ0) is 32.6. The van der Waals surface area contributed by atoms with Gasteiger partial charge in [0.1, 0.15) is 6.04 Å². The van der Waals surface area contributed by atoms with Crippen molar-refractivity contribution in [3.05, 3.63) is 102 Å². The van der Waals surface area contributed by atoms with Gasteiger partial charge in [0.05, 0.1) is 22.3 Å². The molecule has 2 unspecified atom stereocenters. The Kier molecular flexibility index (Phi) is 10.9. The van der Waals surface area contributed by atoms with E-state index in [0.29, 0.717) is 49.8 Å². The number of amides is 4. The van der Waals surface area contributed by atoms with Crippen molar-refractivity contribution in [3.8, 4) is 0 Å². The van der Waals surface area contributed by atoms with Crippen LogP contribution in [0.25, 0.3) is 0 Å². The van der Waals surface area contributed by atoms with Gasteiger partial charge < -0.3 is 15.5 Å². The maximum Gasteiger partial charge on any atom is 0.261 e. The van der Waals surface area contributed by atoms with Crippen LogP contribution in [0.2, 0.25) is 0 Å². The first-order chi connectivity index (χ1) is 22.3. The van der Waals surface area contributed by atoms with Crippen LogP contribution in [0, 0.1) is 11.8 Å². The van der Waals surface area contributed by atoms with E-state index < -0.39 is 23.1 Å². The molecule has 3 aromatic carbocycles. The lowest BCUT2D eigenvalue weighted by Crippen LogP contribution is -2.52. The molecule has 4 amide bonds. The van der Waals surface area contributed by atoms with Gasteiger partial charge in [-0.1, -0.05) is 67.1 Å². The molecule has 240 valence electrons. The number of rotatable bonds is 12. The van der Waals surface area contributed by atoms with Gasteiger partial charge in [0.2, 0.25) is 11.8 Å². The van der Waals surface area contributed by atoms with Crippen LogP contribution in [0.1, 0.15) is 52.0 Å². The highest BCUT2D eigenvalue weighted by molar-refractivity contribution is 7.81. The van der Waals surface area contributed by atoms with Gasteiger partial charge in [-0.15, -0.1) is 0 Å². The monoisotopic (exact) mass is 640 g/mol. The number of carbonyl (C=O) groups excluding carboxylic acids is 5. The molecule has 5 rings (SSSR count). The molecule has 3 aromatic rings. The van der Waals surface area contributed by atoms with Crippen molar-refractivity contribution in [1.29, 1.82) is 0 Å². The average molecular weight is 641 g/mol. The minimum atomic E-state index is -0.837. The Bertz CT molecular complexity index is 1530. The van der Waals surface area contributed by atoms with Crippen LogP contribution >= 0.6 is 12.6 Å². The Morgan fingerprint density at radius 2 is 1.46 bits per heavy atom. The van der Waals surface area contributed by atoms with Crippen LogP contribution in [0.3, 0.4) is 0 Å². The molecular weight excluding hydrogens is 600 g/mol. The third kappa shape index (κ3) is 7.50. The highest BCUT2D eigenvalue weighted by Gasteiger charge is 2.41. The molecule has 2 aliphatic rings. The first-order valence-corrected chi connectivity index (χ1v) is 16.3. The van der Waals surface area contributed by atoms with Gasteiger partial charge in [-0.25, -0.2) is 0 Å². The number of anilines is 1. The van der Waals surface area contributed by atoms with E-state index in [0.717, 1.165) is 11.3 Å². The van der Waals surface area contributed by atoms with Crippen molar-refractivity contribution >= 4 is 47.7 Å². The molecule has 2 N–H and O–H groups in total. The Morgan fingerprint density at radius 3 is 2.09 bits per heavy atom. The van der Waals surface area contributed by atoms with Crippen molar-refractivity contribution in [2.45, 2.75) is 43.4 Å². The number of hydrogen-bond donors (Lipinski definition) is 3. The molecule has 0 radical (unpaired) electrons. The van der Waals surface area contributed by atoms with Gasteiger partial charge in [-0.05, 0) is 55.5 Å². The summed E-state index contributed by atoms with van der Waals surface area (Å²) in [6.07, 6.45) is 2.36. The molecule has 1 fully saturated rings. The number of fused-ring (bicyclic) bond motifs is 1. The fourth-order valence-electron chi connectivity index (χ4n) is 6.41. The molecule has 2 aliphatic heterocycles. The summed E-state index contributed by atoms with van der Waals surface area (Å²) in [5, 5.41) is 5.02. The van der Waals surface area contributed by atoms with Crippen molar-refractivity contribution in [1.82, 2.24) is 15.5 Å². The second-order valence-corrected chi connectivity index (χ2v) is 12.5. The summed E-state index contributed by atoms with van der Waals surface area (Å²) in [6.45, 7) is 1.08. The lowest BCUT2D eigenvalue weighted by atomic mass is 9.79. The second kappa shape index (κ2) is 15.2. The van der Waals surface area contributed by atoms with E-state index in [4.69, 9.17) is 0 Å². The van der Waals surface area contributed by atoms with E-state index in [1.807, 2.05) is 60.7 Å². The summed E-state index contributed by atoms with van der Waals surface area (Å²) in [5.41, 5.74) is 2.73. The smallest absolute Gasteiger partial charge is 0.261 e. The third-order valence-electron chi connectivity index (χ3n) is 8.92. The van der Waals surface area contributed by atoms with Crippen LogP contribution < -0.4 is 15.5 Å². The predicted octanol–water partition coefficient (Wildman–Crippen LogP) is 3.94. The molecule has 9 nitrogen and oxygen atoms in total. The number of imide groups is 1. The van der Waals surface area contributed by atoms with E-state index in [2.05, 4.69) is 28.2 Å². The zero-order valence-electron chi connectivity index (χ0n) is 25.9. The Hall–Kier alpha value is -4.44. The number of benzene rings is 3. The van der Waals surface area contributed by atoms with Crippen molar-refractivity contribution in [3.63, 3.8) is 0 Å². The van der Waals surface area contributed by atoms with Crippen LogP contribution in [0.5, 0.6) is 0 Å². The molecule has 10 heteroatoms. The third-order valence-corrected chi connectivity index (χ3v) is 9.41. The summed E-state index contributed by atoms with van der Waals surface area (Å²) in [7, 11) is 1.58. The van der Waals surface area contributed by atoms with E-state index in [9.17, 15) is 24.0 Å². The maximum absolute atomic E-state index is 14.2. The fraction of sp³-hybridized carbons (Fsp3) is 0.361. The van der Waals surface area contributed by atoms with Gasteiger partial charge in [0.25, 0.3) is 11.8 Å². The van der Waals surface area contributed by atoms with Crippen molar-refractivity contribution < 1.29 is 24.0 Å². The number of nitrogens with zero attached hydrogens (tertiary/aromatic N) is 2. The summed E-state index contributed by atoms with van der Waals surface area (Å²) in [4.78, 5) is 69.4. The molecule has 0 bridgehead atoms. The van der Waals surface area contributed by atoms with Crippen molar-refractivity contribution in [2.24, 2.45) is 11.8 Å². The van der Waals surface area contributed by atoms with Gasteiger partial charge >= 0.3 is 0 Å². The van der Waals surface area contributed by atoms with E-state index in [1.54, 1.807) is 31.3 Å². The van der Waals surface area contributed by atoms with E-state index >= 15 is 0 Å². The van der Waals surface area contributed by atoms with Gasteiger partial charge in [0.15, 0.2) is 5.78 Å². The Labute approximate surface area is 275 Å². The summed E-state index contributed by atoms with van der Waals surface area (Å²) < 4.78 is 0. The minimum Gasteiger partial charge on any atom is -0.369 e. The molecule has 1 saturated heterocycles. The predicted molar refractivity (Wildman–Crippen MR) is 180 cm³/mol. The lowest BCUT2D eigenvalue weighted by Gasteiger charge is -2.27. The molecule has 2 heterocycles. The van der Waals surface area contributed by atoms with Gasteiger partial charge in [-0.2, -0.15) is 12.6 Å². The molecular formula is C36H40N4O5S. The normalized spacial score (nSPS) is 19.3. The number of carbonyl (C=O) groups is 5. The molecule has 4 atom stereocenters. The lowest BCUT2D eigenvalue weighted by molar-refractivity contribution is -0.135. The molecule has 0 aliphatic carbocycles. The van der Waals surface area contributed by atoms with Gasteiger partial charge in [-0.3, -0.25) is 28.9 Å². The fourth-order valence-corrected chi connectivity index (χ4v) is 6.66.